The lowest BCUT2D eigenvalue weighted by molar-refractivity contribution is 0.206. The first-order valence-electron chi connectivity index (χ1n) is 9.42. The first-order chi connectivity index (χ1) is 12.8. The number of guanidine groups is 1. The Labute approximate surface area is 178 Å². The van der Waals surface area contributed by atoms with Crippen molar-refractivity contribution in [2.75, 3.05) is 26.7 Å². The van der Waals surface area contributed by atoms with Crippen molar-refractivity contribution in [2.45, 2.75) is 38.8 Å². The summed E-state index contributed by atoms with van der Waals surface area (Å²) in [4.78, 5) is 11.1. The highest BCUT2D eigenvalue weighted by Gasteiger charge is 2.19. The van der Waals surface area contributed by atoms with Gasteiger partial charge in [-0.15, -0.1) is 24.0 Å². The molecular formula is C19H30IN7. The van der Waals surface area contributed by atoms with Crippen LogP contribution in [0.5, 0.6) is 0 Å². The van der Waals surface area contributed by atoms with Gasteiger partial charge in [0, 0.05) is 38.3 Å². The lowest BCUT2D eigenvalue weighted by atomic mass is 10.1. The normalized spacial score (nSPS) is 16.0. The van der Waals surface area contributed by atoms with Crippen molar-refractivity contribution in [2.24, 2.45) is 4.99 Å². The monoisotopic (exact) mass is 483 g/mol. The smallest absolute Gasteiger partial charge is 0.191 e. The average molecular weight is 483 g/mol. The Morgan fingerprint density at radius 1 is 1.33 bits per heavy atom. The van der Waals surface area contributed by atoms with Gasteiger partial charge in [0.2, 0.25) is 0 Å². The molecule has 3 N–H and O–H groups in total. The minimum atomic E-state index is 0. The third kappa shape index (κ3) is 6.46. The van der Waals surface area contributed by atoms with E-state index in [1.54, 1.807) is 0 Å². The number of likely N-dealkylation sites (tertiary alicyclic amines) is 1. The van der Waals surface area contributed by atoms with Gasteiger partial charge >= 0.3 is 0 Å². The van der Waals surface area contributed by atoms with E-state index >= 15 is 0 Å². The molecule has 0 bridgehead atoms. The number of rotatable bonds is 6. The number of H-pyrrole nitrogens is 1. The summed E-state index contributed by atoms with van der Waals surface area (Å²) in [5.41, 5.74) is 2.22. The van der Waals surface area contributed by atoms with Gasteiger partial charge in [-0.05, 0) is 37.4 Å². The lowest BCUT2D eigenvalue weighted by Crippen LogP contribution is -2.48. The molecule has 27 heavy (non-hydrogen) atoms. The van der Waals surface area contributed by atoms with Gasteiger partial charge in [-0.1, -0.05) is 25.1 Å². The minimum Gasteiger partial charge on any atom is -0.354 e. The number of aliphatic imine (C=N–C) groups is 1. The van der Waals surface area contributed by atoms with Gasteiger partial charge in [-0.2, -0.15) is 5.10 Å². The van der Waals surface area contributed by atoms with Crippen LogP contribution in [0.15, 0.2) is 35.6 Å². The summed E-state index contributed by atoms with van der Waals surface area (Å²) in [5.74, 6) is 1.65. The maximum absolute atomic E-state index is 4.38. The van der Waals surface area contributed by atoms with Crippen LogP contribution in [-0.4, -0.2) is 58.8 Å². The lowest BCUT2D eigenvalue weighted by Gasteiger charge is -2.32. The Morgan fingerprint density at radius 3 is 2.81 bits per heavy atom. The van der Waals surface area contributed by atoms with Crippen molar-refractivity contribution in [3.8, 4) is 11.4 Å². The Balaban J connectivity index is 0.00000261. The van der Waals surface area contributed by atoms with Crippen molar-refractivity contribution in [3.63, 3.8) is 0 Å². The maximum Gasteiger partial charge on any atom is 0.191 e. The second kappa shape index (κ2) is 11.2. The van der Waals surface area contributed by atoms with Crippen LogP contribution in [-0.2, 0) is 6.54 Å². The predicted molar refractivity (Wildman–Crippen MR) is 120 cm³/mol. The highest BCUT2D eigenvalue weighted by molar-refractivity contribution is 14.0. The molecule has 0 aliphatic carbocycles. The molecule has 2 heterocycles. The molecule has 1 fully saturated rings. The van der Waals surface area contributed by atoms with E-state index in [1.165, 1.54) is 50.8 Å². The summed E-state index contributed by atoms with van der Waals surface area (Å²) in [6, 6.07) is 8.78. The van der Waals surface area contributed by atoms with Gasteiger partial charge in [-0.3, -0.25) is 10.1 Å². The van der Waals surface area contributed by atoms with Crippen LogP contribution in [0.4, 0.5) is 0 Å². The molecule has 0 atom stereocenters. The molecule has 0 amide bonds. The fraction of sp³-hybridized carbons (Fsp3) is 0.526. The predicted octanol–water partition coefficient (Wildman–Crippen LogP) is 2.63. The van der Waals surface area contributed by atoms with Crippen molar-refractivity contribution >= 4 is 29.9 Å². The number of hydrogen-bond acceptors (Lipinski definition) is 4. The van der Waals surface area contributed by atoms with Gasteiger partial charge in [-0.25, -0.2) is 4.98 Å². The average Bonchev–Trinajstić information content (AvgIpc) is 3.22. The van der Waals surface area contributed by atoms with Crippen LogP contribution < -0.4 is 10.6 Å². The molecule has 1 aliphatic rings. The summed E-state index contributed by atoms with van der Waals surface area (Å²) in [7, 11) is 1.83. The van der Waals surface area contributed by atoms with E-state index in [2.05, 4.69) is 54.8 Å². The molecule has 1 aromatic carbocycles. The second-order valence-corrected chi connectivity index (χ2v) is 6.72. The highest BCUT2D eigenvalue weighted by atomic mass is 127. The zero-order valence-electron chi connectivity index (χ0n) is 16.1. The van der Waals surface area contributed by atoms with Crippen molar-refractivity contribution in [3.05, 3.63) is 36.2 Å². The summed E-state index contributed by atoms with van der Waals surface area (Å²) in [6.45, 7) is 6.51. The maximum atomic E-state index is 4.38. The molecule has 0 spiro atoms. The van der Waals surface area contributed by atoms with Crippen molar-refractivity contribution < 1.29 is 0 Å². The topological polar surface area (TPSA) is 81.2 Å². The number of hydrogen-bond donors (Lipinski definition) is 3. The third-order valence-electron chi connectivity index (χ3n) is 4.77. The van der Waals surface area contributed by atoms with Crippen LogP contribution >= 0.6 is 24.0 Å². The summed E-state index contributed by atoms with van der Waals surface area (Å²) in [6.07, 6.45) is 5.09. The zero-order valence-corrected chi connectivity index (χ0v) is 18.4. The molecule has 148 valence electrons. The number of benzene rings is 1. The summed E-state index contributed by atoms with van der Waals surface area (Å²) >= 11 is 0. The standard InChI is InChI=1S/C19H29N7.HI/c1-3-9-26-10-7-17(8-11-26)24-19(20-2)21-13-15-5-4-6-16(12-15)18-22-14-23-25-18;/h4-6,12,14,17H,3,7-11,13H2,1-2H3,(H2,20,21,24)(H,22,23,25);1H. The van der Waals surface area contributed by atoms with E-state index < -0.39 is 0 Å². The molecule has 8 heteroatoms. The Hall–Kier alpha value is -1.68. The number of piperidine rings is 1. The van der Waals surface area contributed by atoms with E-state index in [-0.39, 0.29) is 24.0 Å². The van der Waals surface area contributed by atoms with Crippen molar-refractivity contribution in [1.29, 1.82) is 0 Å². The minimum absolute atomic E-state index is 0. The van der Waals surface area contributed by atoms with Crippen LogP contribution in [0, 0.1) is 0 Å². The largest absolute Gasteiger partial charge is 0.354 e. The first kappa shape index (κ1) is 21.6. The quantitative estimate of drug-likeness (QED) is 0.335. The first-order valence-corrected chi connectivity index (χ1v) is 9.42. The molecule has 0 unspecified atom stereocenters. The second-order valence-electron chi connectivity index (χ2n) is 6.72. The van der Waals surface area contributed by atoms with Crippen LogP contribution in [0.2, 0.25) is 0 Å². The number of halogens is 1. The SMILES string of the molecule is CCCN1CCC(NC(=NC)NCc2cccc(-c3ncn[nH]3)c2)CC1.I. The van der Waals surface area contributed by atoms with E-state index in [1.807, 2.05) is 19.2 Å². The van der Waals surface area contributed by atoms with E-state index in [9.17, 15) is 0 Å². The van der Waals surface area contributed by atoms with Gasteiger partial charge in [0.05, 0.1) is 0 Å². The number of aromatic nitrogens is 3. The Morgan fingerprint density at radius 2 is 2.15 bits per heavy atom. The van der Waals surface area contributed by atoms with Crippen molar-refractivity contribution in [1.82, 2.24) is 30.7 Å². The van der Waals surface area contributed by atoms with Crippen LogP contribution in [0.1, 0.15) is 31.7 Å². The van der Waals surface area contributed by atoms with E-state index in [4.69, 9.17) is 0 Å². The molecule has 1 aliphatic heterocycles. The fourth-order valence-electron chi connectivity index (χ4n) is 3.36. The van der Waals surface area contributed by atoms with Gasteiger partial charge in [0.1, 0.15) is 6.33 Å². The molecule has 0 radical (unpaired) electrons. The third-order valence-corrected chi connectivity index (χ3v) is 4.77. The molecule has 1 saturated heterocycles. The number of nitrogens with zero attached hydrogens (tertiary/aromatic N) is 4. The Bertz CT molecular complexity index is 694. The van der Waals surface area contributed by atoms with E-state index in [0.717, 1.165) is 23.9 Å². The van der Waals surface area contributed by atoms with Gasteiger partial charge < -0.3 is 15.5 Å². The van der Waals surface area contributed by atoms with Crippen LogP contribution in [0.3, 0.4) is 0 Å². The fourth-order valence-corrected chi connectivity index (χ4v) is 3.36. The molecule has 3 rings (SSSR count). The van der Waals surface area contributed by atoms with Gasteiger partial charge in [0.15, 0.2) is 11.8 Å². The molecule has 7 nitrogen and oxygen atoms in total. The number of nitrogens with one attached hydrogen (secondary N) is 3. The highest BCUT2D eigenvalue weighted by Crippen LogP contribution is 2.15. The molecule has 2 aromatic rings. The van der Waals surface area contributed by atoms with Gasteiger partial charge in [0.25, 0.3) is 0 Å². The summed E-state index contributed by atoms with van der Waals surface area (Å²) in [5, 5.41) is 13.8. The zero-order chi connectivity index (χ0) is 18.2. The van der Waals surface area contributed by atoms with E-state index in [0.29, 0.717) is 6.04 Å². The molecule has 1 aromatic heterocycles. The number of aromatic amines is 1. The molecule has 0 saturated carbocycles. The summed E-state index contributed by atoms with van der Waals surface area (Å²) < 4.78 is 0. The molecular weight excluding hydrogens is 453 g/mol. The Kier molecular flexibility index (Phi) is 8.99. The van der Waals surface area contributed by atoms with Crippen LogP contribution in [0.25, 0.3) is 11.4 Å².